The van der Waals surface area contributed by atoms with Crippen LogP contribution in [0, 0.1) is 13.8 Å². The molecular formula is C28H24N4O2. The summed E-state index contributed by atoms with van der Waals surface area (Å²) in [4.78, 5) is 0. The number of hydrogen-bond acceptors (Lipinski definition) is 4. The van der Waals surface area contributed by atoms with Crippen molar-refractivity contribution in [2.45, 2.75) is 19.8 Å². The second-order valence-corrected chi connectivity index (χ2v) is 8.41. The Kier molecular flexibility index (Phi) is 4.73. The molecule has 0 saturated carbocycles. The SMILES string of the molecule is COc1ccc(C2c3c(C)nn(-c4ccccc4)c3Oc3c2c(C)nn3-c2ccccc2)cc1. The molecule has 1 aliphatic rings. The summed E-state index contributed by atoms with van der Waals surface area (Å²) in [6, 6.07) is 28.4. The number of nitrogens with zero attached hydrogens (tertiary/aromatic N) is 4. The van der Waals surface area contributed by atoms with Crippen molar-refractivity contribution in [2.75, 3.05) is 7.11 Å². The van der Waals surface area contributed by atoms with Crippen LogP contribution in [0.1, 0.15) is 34.0 Å². The molecule has 1 aliphatic heterocycles. The maximum Gasteiger partial charge on any atom is 0.229 e. The standard InChI is InChI=1S/C28H24N4O2/c1-18-24-26(20-14-16-23(33-3)17-15-20)25-19(2)30-32(22-12-8-5-9-13-22)28(25)34-27(24)31(29-18)21-10-6-4-7-11-21/h4-17,26H,1-3H3. The smallest absolute Gasteiger partial charge is 0.229 e. The van der Waals surface area contributed by atoms with Gasteiger partial charge in [-0.05, 0) is 55.8 Å². The third-order valence-electron chi connectivity index (χ3n) is 6.35. The van der Waals surface area contributed by atoms with Gasteiger partial charge in [0.25, 0.3) is 0 Å². The van der Waals surface area contributed by atoms with Gasteiger partial charge in [0.2, 0.25) is 11.8 Å². The largest absolute Gasteiger partial charge is 0.497 e. The number of methoxy groups -OCH3 is 1. The first-order valence-electron chi connectivity index (χ1n) is 11.3. The van der Waals surface area contributed by atoms with Gasteiger partial charge < -0.3 is 9.47 Å². The van der Waals surface area contributed by atoms with Crippen molar-refractivity contribution in [1.29, 1.82) is 0 Å². The zero-order valence-corrected chi connectivity index (χ0v) is 19.3. The van der Waals surface area contributed by atoms with Crippen LogP contribution in [0.4, 0.5) is 0 Å². The molecule has 0 amide bonds. The van der Waals surface area contributed by atoms with Gasteiger partial charge in [-0.15, -0.1) is 0 Å². The van der Waals surface area contributed by atoms with E-state index in [2.05, 4.69) is 12.1 Å². The molecule has 6 nitrogen and oxygen atoms in total. The van der Waals surface area contributed by atoms with E-state index in [9.17, 15) is 0 Å². The zero-order valence-electron chi connectivity index (χ0n) is 19.3. The van der Waals surface area contributed by atoms with E-state index in [1.54, 1.807) is 7.11 Å². The fourth-order valence-corrected chi connectivity index (χ4v) is 4.75. The van der Waals surface area contributed by atoms with E-state index < -0.39 is 0 Å². The number of aryl methyl sites for hydroxylation is 2. The lowest BCUT2D eigenvalue weighted by Crippen LogP contribution is -2.14. The van der Waals surface area contributed by atoms with Crippen molar-refractivity contribution in [2.24, 2.45) is 0 Å². The molecule has 0 fully saturated rings. The van der Waals surface area contributed by atoms with Crippen molar-refractivity contribution in [1.82, 2.24) is 19.6 Å². The molecule has 6 rings (SSSR count). The molecule has 0 saturated heterocycles. The van der Waals surface area contributed by atoms with Gasteiger partial charge >= 0.3 is 0 Å². The van der Waals surface area contributed by atoms with Gasteiger partial charge in [0.15, 0.2) is 0 Å². The normalized spacial score (nSPS) is 12.7. The van der Waals surface area contributed by atoms with E-state index in [1.165, 1.54) is 0 Å². The number of ether oxygens (including phenoxy) is 2. The lowest BCUT2D eigenvalue weighted by Gasteiger charge is -2.26. The van der Waals surface area contributed by atoms with Crippen LogP contribution in [0.3, 0.4) is 0 Å². The van der Waals surface area contributed by atoms with E-state index in [4.69, 9.17) is 19.7 Å². The summed E-state index contributed by atoms with van der Waals surface area (Å²) in [7, 11) is 1.68. The Morgan fingerprint density at radius 2 is 1.15 bits per heavy atom. The molecular weight excluding hydrogens is 424 g/mol. The average molecular weight is 449 g/mol. The van der Waals surface area contributed by atoms with Crippen LogP contribution in [0.15, 0.2) is 84.9 Å². The van der Waals surface area contributed by atoms with E-state index in [1.807, 2.05) is 96.0 Å². The Morgan fingerprint density at radius 1 is 0.676 bits per heavy atom. The number of benzene rings is 3. The van der Waals surface area contributed by atoms with Crippen molar-refractivity contribution in [3.05, 3.63) is 113 Å². The molecule has 0 N–H and O–H groups in total. The predicted octanol–water partition coefficient (Wildman–Crippen LogP) is 5.97. The minimum Gasteiger partial charge on any atom is -0.497 e. The number of hydrogen-bond donors (Lipinski definition) is 0. The highest BCUT2D eigenvalue weighted by Crippen LogP contribution is 2.51. The fraction of sp³-hybridized carbons (Fsp3) is 0.143. The lowest BCUT2D eigenvalue weighted by molar-refractivity contribution is 0.392. The van der Waals surface area contributed by atoms with Gasteiger partial charge in [-0.3, -0.25) is 0 Å². The van der Waals surface area contributed by atoms with Gasteiger partial charge in [0, 0.05) is 17.0 Å². The van der Waals surface area contributed by atoms with Crippen LogP contribution in [0.5, 0.6) is 17.5 Å². The Morgan fingerprint density at radius 3 is 1.59 bits per heavy atom. The summed E-state index contributed by atoms with van der Waals surface area (Å²) < 4.78 is 15.9. The highest BCUT2D eigenvalue weighted by Gasteiger charge is 2.39. The second-order valence-electron chi connectivity index (χ2n) is 8.41. The Labute approximate surface area is 198 Å². The maximum absolute atomic E-state index is 6.66. The molecule has 168 valence electrons. The molecule has 0 unspecified atom stereocenters. The molecule has 34 heavy (non-hydrogen) atoms. The van der Waals surface area contributed by atoms with Crippen LogP contribution in [0.2, 0.25) is 0 Å². The molecule has 0 radical (unpaired) electrons. The molecule has 2 aromatic heterocycles. The van der Waals surface area contributed by atoms with Crippen LogP contribution in [0.25, 0.3) is 11.4 Å². The molecule has 0 bridgehead atoms. The van der Waals surface area contributed by atoms with Crippen LogP contribution < -0.4 is 9.47 Å². The van der Waals surface area contributed by atoms with E-state index in [0.717, 1.165) is 45.2 Å². The van der Waals surface area contributed by atoms with Crippen molar-refractivity contribution < 1.29 is 9.47 Å². The first kappa shape index (κ1) is 20.3. The van der Waals surface area contributed by atoms with Gasteiger partial charge in [-0.1, -0.05) is 48.5 Å². The summed E-state index contributed by atoms with van der Waals surface area (Å²) in [5, 5.41) is 9.81. The summed E-state index contributed by atoms with van der Waals surface area (Å²) >= 11 is 0. The number of rotatable bonds is 4. The average Bonchev–Trinajstić information content (AvgIpc) is 3.41. The monoisotopic (exact) mass is 448 g/mol. The fourth-order valence-electron chi connectivity index (χ4n) is 4.75. The van der Waals surface area contributed by atoms with Crippen LogP contribution in [-0.2, 0) is 0 Å². The molecule has 3 aromatic carbocycles. The lowest BCUT2D eigenvalue weighted by atomic mass is 9.84. The Bertz CT molecular complexity index is 1380. The van der Waals surface area contributed by atoms with E-state index in [-0.39, 0.29) is 5.92 Å². The molecule has 0 atom stereocenters. The highest BCUT2D eigenvalue weighted by molar-refractivity contribution is 5.61. The van der Waals surface area contributed by atoms with Gasteiger partial charge in [-0.2, -0.15) is 10.2 Å². The minimum absolute atomic E-state index is 0.0698. The Hall–Kier alpha value is -4.32. The van der Waals surface area contributed by atoms with Gasteiger partial charge in [0.1, 0.15) is 5.75 Å². The van der Waals surface area contributed by atoms with Gasteiger partial charge in [-0.25, -0.2) is 9.36 Å². The predicted molar refractivity (Wildman–Crippen MR) is 131 cm³/mol. The van der Waals surface area contributed by atoms with E-state index >= 15 is 0 Å². The first-order chi connectivity index (χ1) is 16.7. The summed E-state index contributed by atoms with van der Waals surface area (Å²) in [5.41, 5.74) is 7.00. The first-order valence-corrected chi connectivity index (χ1v) is 11.3. The highest BCUT2D eigenvalue weighted by atomic mass is 16.5. The summed E-state index contributed by atoms with van der Waals surface area (Å²) in [6.07, 6.45) is 0. The Balaban J connectivity index is 1.62. The molecule has 0 aliphatic carbocycles. The quantitative estimate of drug-likeness (QED) is 0.333. The topological polar surface area (TPSA) is 54.1 Å². The van der Waals surface area contributed by atoms with Crippen LogP contribution >= 0.6 is 0 Å². The number of para-hydroxylation sites is 2. The zero-order chi connectivity index (χ0) is 23.2. The van der Waals surface area contributed by atoms with Crippen molar-refractivity contribution >= 4 is 0 Å². The second kappa shape index (κ2) is 7.92. The van der Waals surface area contributed by atoms with Crippen molar-refractivity contribution in [3.63, 3.8) is 0 Å². The molecule has 0 spiro atoms. The summed E-state index contributed by atoms with van der Waals surface area (Å²) in [6.45, 7) is 4.08. The van der Waals surface area contributed by atoms with Gasteiger partial charge in [0.05, 0.1) is 29.9 Å². The molecule has 6 heteroatoms. The number of fused-ring (bicyclic) bond motifs is 2. The third kappa shape index (κ3) is 3.10. The summed E-state index contributed by atoms with van der Waals surface area (Å²) in [5.74, 6) is 2.19. The van der Waals surface area contributed by atoms with Crippen LogP contribution in [-0.4, -0.2) is 26.7 Å². The minimum atomic E-state index is -0.0698. The molecule has 5 aromatic rings. The molecule has 3 heterocycles. The maximum atomic E-state index is 6.66. The van der Waals surface area contributed by atoms with Crippen molar-refractivity contribution in [3.8, 4) is 28.9 Å². The van der Waals surface area contributed by atoms with E-state index in [0.29, 0.717) is 11.8 Å². The number of aromatic nitrogens is 4. The third-order valence-corrected chi connectivity index (χ3v) is 6.35.